The van der Waals surface area contributed by atoms with E-state index in [9.17, 15) is 23.2 Å². The van der Waals surface area contributed by atoms with Crippen molar-refractivity contribution in [1.29, 1.82) is 0 Å². The van der Waals surface area contributed by atoms with Crippen LogP contribution in [0.4, 0.5) is 8.78 Å². The standard InChI is InChI=1S/C19H16F2N4O3/c1-22-18(27)17(11-6-7-13(20)14(21)8-11)24-16(26)9-25-10-23-15-5-3-2-4-12(15)19(25)28/h2-8,10,17H,9H2,1H3,(H,22,27)(H,24,26). The zero-order valence-corrected chi connectivity index (χ0v) is 14.8. The molecule has 3 aromatic rings. The smallest absolute Gasteiger partial charge is 0.261 e. The van der Waals surface area contributed by atoms with Gasteiger partial charge in [-0.25, -0.2) is 13.8 Å². The summed E-state index contributed by atoms with van der Waals surface area (Å²) in [6.07, 6.45) is 1.23. The van der Waals surface area contributed by atoms with Crippen molar-refractivity contribution in [3.63, 3.8) is 0 Å². The Morgan fingerprint density at radius 3 is 2.61 bits per heavy atom. The van der Waals surface area contributed by atoms with Crippen molar-refractivity contribution in [2.24, 2.45) is 0 Å². The van der Waals surface area contributed by atoms with E-state index in [2.05, 4.69) is 15.6 Å². The molecule has 3 rings (SSSR count). The van der Waals surface area contributed by atoms with E-state index in [4.69, 9.17) is 0 Å². The summed E-state index contributed by atoms with van der Waals surface area (Å²) in [5.41, 5.74) is 0.148. The van der Waals surface area contributed by atoms with Gasteiger partial charge in [0.05, 0.1) is 17.2 Å². The van der Waals surface area contributed by atoms with E-state index in [0.717, 1.165) is 16.7 Å². The number of carbonyl (C=O) groups is 2. The van der Waals surface area contributed by atoms with Gasteiger partial charge in [0.1, 0.15) is 12.6 Å². The quantitative estimate of drug-likeness (QED) is 0.691. The minimum Gasteiger partial charge on any atom is -0.357 e. The highest BCUT2D eigenvalue weighted by Gasteiger charge is 2.23. The molecular weight excluding hydrogens is 370 g/mol. The van der Waals surface area contributed by atoms with Crippen LogP contribution in [0.1, 0.15) is 11.6 Å². The van der Waals surface area contributed by atoms with Crippen molar-refractivity contribution in [3.8, 4) is 0 Å². The molecule has 2 N–H and O–H groups in total. The molecule has 0 aliphatic heterocycles. The van der Waals surface area contributed by atoms with Gasteiger partial charge in [-0.3, -0.25) is 19.0 Å². The predicted molar refractivity (Wildman–Crippen MR) is 97.3 cm³/mol. The molecule has 28 heavy (non-hydrogen) atoms. The van der Waals surface area contributed by atoms with Crippen LogP contribution >= 0.6 is 0 Å². The minimum atomic E-state index is -1.25. The minimum absolute atomic E-state index is 0.0654. The molecule has 7 nitrogen and oxygen atoms in total. The molecule has 0 spiro atoms. The first kappa shape index (κ1) is 19.2. The number of benzene rings is 2. The highest BCUT2D eigenvalue weighted by atomic mass is 19.2. The summed E-state index contributed by atoms with van der Waals surface area (Å²) < 4.78 is 27.8. The summed E-state index contributed by atoms with van der Waals surface area (Å²) in [5, 5.41) is 5.13. The first-order chi connectivity index (χ1) is 13.4. The van der Waals surface area contributed by atoms with E-state index < -0.39 is 41.6 Å². The maximum Gasteiger partial charge on any atom is 0.261 e. The number of nitrogens with zero attached hydrogens (tertiary/aromatic N) is 2. The molecule has 144 valence electrons. The van der Waals surface area contributed by atoms with Gasteiger partial charge < -0.3 is 10.6 Å². The Labute approximate surface area is 158 Å². The fourth-order valence-corrected chi connectivity index (χ4v) is 2.72. The fraction of sp³-hybridized carbons (Fsp3) is 0.158. The Balaban J connectivity index is 1.84. The average Bonchev–Trinajstić information content (AvgIpc) is 2.70. The molecule has 0 aliphatic rings. The van der Waals surface area contributed by atoms with E-state index in [1.807, 2.05) is 0 Å². The van der Waals surface area contributed by atoms with Gasteiger partial charge in [0, 0.05) is 7.05 Å². The lowest BCUT2D eigenvalue weighted by molar-refractivity contribution is -0.129. The van der Waals surface area contributed by atoms with Gasteiger partial charge in [-0.2, -0.15) is 0 Å². The lowest BCUT2D eigenvalue weighted by Crippen LogP contribution is -2.41. The largest absolute Gasteiger partial charge is 0.357 e. The molecule has 1 atom stereocenters. The van der Waals surface area contributed by atoms with E-state index in [1.54, 1.807) is 24.3 Å². The molecule has 9 heteroatoms. The maximum absolute atomic E-state index is 13.5. The second-order valence-electron chi connectivity index (χ2n) is 5.98. The number of amides is 2. The molecule has 0 radical (unpaired) electrons. The summed E-state index contributed by atoms with van der Waals surface area (Å²) in [7, 11) is 1.35. The Morgan fingerprint density at radius 2 is 1.89 bits per heavy atom. The fourth-order valence-electron chi connectivity index (χ4n) is 2.72. The molecule has 0 aliphatic carbocycles. The van der Waals surface area contributed by atoms with E-state index >= 15 is 0 Å². The predicted octanol–water partition coefficient (Wildman–Crippen LogP) is 1.28. The maximum atomic E-state index is 13.5. The van der Waals surface area contributed by atoms with Gasteiger partial charge in [-0.15, -0.1) is 0 Å². The molecule has 2 amide bonds. The van der Waals surface area contributed by atoms with Crippen LogP contribution in [0.2, 0.25) is 0 Å². The van der Waals surface area contributed by atoms with E-state index in [-0.39, 0.29) is 5.56 Å². The SMILES string of the molecule is CNC(=O)C(NC(=O)Cn1cnc2ccccc2c1=O)c1ccc(F)c(F)c1. The summed E-state index contributed by atoms with van der Waals surface area (Å²) in [6, 6.07) is 8.32. The van der Waals surface area contributed by atoms with Crippen molar-refractivity contribution in [1.82, 2.24) is 20.2 Å². The van der Waals surface area contributed by atoms with Crippen molar-refractivity contribution in [2.45, 2.75) is 12.6 Å². The van der Waals surface area contributed by atoms with Crippen LogP contribution in [0.25, 0.3) is 10.9 Å². The summed E-state index contributed by atoms with van der Waals surface area (Å²) >= 11 is 0. The van der Waals surface area contributed by atoms with Gasteiger partial charge in [-0.1, -0.05) is 18.2 Å². The zero-order chi connectivity index (χ0) is 20.3. The van der Waals surface area contributed by atoms with Gasteiger partial charge in [0.25, 0.3) is 5.56 Å². The Hall–Kier alpha value is -3.62. The number of rotatable bonds is 5. The second-order valence-corrected chi connectivity index (χ2v) is 5.98. The van der Waals surface area contributed by atoms with E-state index in [0.29, 0.717) is 10.9 Å². The molecule has 0 saturated carbocycles. The normalized spacial score (nSPS) is 11.8. The monoisotopic (exact) mass is 386 g/mol. The molecule has 1 heterocycles. The molecular formula is C19H16F2N4O3. The third-order valence-corrected chi connectivity index (χ3v) is 4.14. The average molecular weight is 386 g/mol. The van der Waals surface area contributed by atoms with Crippen LogP contribution in [0.15, 0.2) is 53.6 Å². The Kier molecular flexibility index (Phi) is 5.44. The molecule has 0 saturated heterocycles. The van der Waals surface area contributed by atoms with Crippen LogP contribution in [0.5, 0.6) is 0 Å². The van der Waals surface area contributed by atoms with Crippen molar-refractivity contribution in [3.05, 3.63) is 76.3 Å². The number of halogens is 2. The first-order valence-electron chi connectivity index (χ1n) is 8.31. The third kappa shape index (κ3) is 3.88. The van der Waals surface area contributed by atoms with Crippen LogP contribution in [-0.4, -0.2) is 28.4 Å². The molecule has 2 aromatic carbocycles. The van der Waals surface area contributed by atoms with Gasteiger partial charge >= 0.3 is 0 Å². The van der Waals surface area contributed by atoms with Crippen LogP contribution in [0, 0.1) is 11.6 Å². The summed E-state index contributed by atoms with van der Waals surface area (Å²) in [6.45, 7) is -0.395. The Bertz CT molecular complexity index is 1110. The van der Waals surface area contributed by atoms with Gasteiger partial charge in [0.2, 0.25) is 11.8 Å². The number of likely N-dealkylation sites (N-methyl/N-ethyl adjacent to an activating group) is 1. The van der Waals surface area contributed by atoms with Gasteiger partial charge in [0.15, 0.2) is 11.6 Å². The van der Waals surface area contributed by atoms with Crippen molar-refractivity contribution >= 4 is 22.7 Å². The van der Waals surface area contributed by atoms with E-state index in [1.165, 1.54) is 19.4 Å². The van der Waals surface area contributed by atoms with Crippen LogP contribution in [-0.2, 0) is 16.1 Å². The van der Waals surface area contributed by atoms with Crippen LogP contribution in [0.3, 0.4) is 0 Å². The zero-order valence-electron chi connectivity index (χ0n) is 14.8. The van der Waals surface area contributed by atoms with Gasteiger partial charge in [-0.05, 0) is 29.8 Å². The lowest BCUT2D eigenvalue weighted by atomic mass is 10.1. The molecule has 1 aromatic heterocycles. The number of hydrogen-bond acceptors (Lipinski definition) is 4. The molecule has 1 unspecified atom stereocenters. The molecule has 0 fully saturated rings. The highest BCUT2D eigenvalue weighted by Crippen LogP contribution is 2.17. The summed E-state index contributed by atoms with van der Waals surface area (Å²) in [5.74, 6) is -3.50. The second kappa shape index (κ2) is 7.95. The number of para-hydroxylation sites is 1. The Morgan fingerprint density at radius 1 is 1.14 bits per heavy atom. The summed E-state index contributed by atoms with van der Waals surface area (Å²) in [4.78, 5) is 41.1. The van der Waals surface area contributed by atoms with Crippen LogP contribution < -0.4 is 16.2 Å². The number of nitrogens with one attached hydrogen (secondary N) is 2. The number of hydrogen-bond donors (Lipinski definition) is 2. The first-order valence-corrected chi connectivity index (χ1v) is 8.31. The third-order valence-electron chi connectivity index (χ3n) is 4.14. The number of carbonyl (C=O) groups excluding carboxylic acids is 2. The highest BCUT2D eigenvalue weighted by molar-refractivity contribution is 5.88. The topological polar surface area (TPSA) is 93.1 Å². The number of fused-ring (bicyclic) bond motifs is 1. The lowest BCUT2D eigenvalue weighted by Gasteiger charge is -2.18. The van der Waals surface area contributed by atoms with Crippen molar-refractivity contribution < 1.29 is 18.4 Å². The number of aromatic nitrogens is 2. The molecule has 0 bridgehead atoms. The van der Waals surface area contributed by atoms with Crippen molar-refractivity contribution in [2.75, 3.05) is 7.05 Å².